The summed E-state index contributed by atoms with van der Waals surface area (Å²) in [6.07, 6.45) is 0. The van der Waals surface area contributed by atoms with Crippen molar-refractivity contribution < 1.29 is 0 Å². The molecule has 2 rings (SSSR count). The van der Waals surface area contributed by atoms with Crippen molar-refractivity contribution in [2.24, 2.45) is 5.73 Å². The lowest BCUT2D eigenvalue weighted by molar-refractivity contribution is 0.660. The van der Waals surface area contributed by atoms with Crippen LogP contribution in [0.25, 0.3) is 0 Å². The molecule has 0 amide bonds. The lowest BCUT2D eigenvalue weighted by Gasteiger charge is -2.05. The molecule has 1 aromatic heterocycles. The first-order chi connectivity index (χ1) is 8.65. The fraction of sp³-hybridized carbons (Fsp3) is 0.273. The maximum atomic E-state index is 11.4. The monoisotopic (exact) mass is 328 g/mol. The van der Waals surface area contributed by atoms with E-state index < -0.39 is 0 Å². The normalized spacial score (nSPS) is 10.8. The highest BCUT2D eigenvalue weighted by atomic mass is 79.9. The van der Waals surface area contributed by atoms with Crippen molar-refractivity contribution in [1.29, 1.82) is 0 Å². The van der Waals surface area contributed by atoms with Crippen LogP contribution in [0.2, 0.25) is 0 Å². The molecule has 0 aliphatic carbocycles. The van der Waals surface area contributed by atoms with E-state index in [1.165, 1.54) is 11.8 Å². The Bertz CT molecular complexity index is 607. The molecule has 0 atom stereocenters. The molecule has 2 aromatic rings. The first-order valence-corrected chi connectivity index (χ1v) is 7.08. The van der Waals surface area contributed by atoms with Gasteiger partial charge in [-0.1, -0.05) is 22.0 Å². The third-order valence-electron chi connectivity index (χ3n) is 2.49. The molecule has 0 spiro atoms. The van der Waals surface area contributed by atoms with Crippen LogP contribution in [0.1, 0.15) is 12.5 Å². The molecule has 96 valence electrons. The molecule has 3 N–H and O–H groups in total. The Morgan fingerprint density at radius 1 is 1.56 bits per heavy atom. The van der Waals surface area contributed by atoms with E-state index >= 15 is 0 Å². The van der Waals surface area contributed by atoms with Crippen LogP contribution in [0.4, 0.5) is 0 Å². The molecular formula is C11H13BrN4OS. The van der Waals surface area contributed by atoms with Crippen LogP contribution in [0.3, 0.4) is 0 Å². The number of nitrogens with one attached hydrogen (secondary N) is 1. The summed E-state index contributed by atoms with van der Waals surface area (Å²) >= 11 is 4.91. The average molecular weight is 329 g/mol. The summed E-state index contributed by atoms with van der Waals surface area (Å²) < 4.78 is 2.56. The number of nitrogens with two attached hydrogens (primary N) is 1. The quantitative estimate of drug-likeness (QED) is 0.899. The van der Waals surface area contributed by atoms with E-state index in [2.05, 4.69) is 26.1 Å². The highest BCUT2D eigenvalue weighted by molar-refractivity contribution is 9.10. The second kappa shape index (κ2) is 5.73. The van der Waals surface area contributed by atoms with Crippen LogP contribution < -0.4 is 11.4 Å². The minimum Gasteiger partial charge on any atom is -0.326 e. The van der Waals surface area contributed by atoms with Gasteiger partial charge in [-0.2, -0.15) is 0 Å². The average Bonchev–Trinajstić information content (AvgIpc) is 2.70. The zero-order chi connectivity index (χ0) is 13.1. The van der Waals surface area contributed by atoms with Crippen LogP contribution in [0, 0.1) is 0 Å². The standard InChI is InChI=1S/C11H13BrN4OS/c1-2-16-10(17)14-15-11(16)18-8-4-3-7(6-13)9(12)5-8/h3-5H,2,6,13H2,1H3,(H,14,17). The van der Waals surface area contributed by atoms with Gasteiger partial charge in [0.2, 0.25) is 0 Å². The highest BCUT2D eigenvalue weighted by Crippen LogP contribution is 2.29. The van der Waals surface area contributed by atoms with Crippen molar-refractivity contribution in [3.05, 3.63) is 38.7 Å². The zero-order valence-electron chi connectivity index (χ0n) is 9.81. The van der Waals surface area contributed by atoms with Gasteiger partial charge in [0.25, 0.3) is 0 Å². The molecule has 0 aliphatic heterocycles. The van der Waals surface area contributed by atoms with Crippen molar-refractivity contribution in [2.75, 3.05) is 0 Å². The second-order valence-electron chi connectivity index (χ2n) is 3.61. The van der Waals surface area contributed by atoms with Gasteiger partial charge < -0.3 is 5.73 Å². The van der Waals surface area contributed by atoms with Gasteiger partial charge in [0, 0.05) is 22.5 Å². The fourth-order valence-electron chi connectivity index (χ4n) is 1.52. The second-order valence-corrected chi connectivity index (χ2v) is 5.51. The SMILES string of the molecule is CCn1c(Sc2ccc(CN)c(Br)c2)n[nH]c1=O. The molecule has 5 nitrogen and oxygen atoms in total. The summed E-state index contributed by atoms with van der Waals surface area (Å²) in [5.41, 5.74) is 6.47. The predicted molar refractivity (Wildman–Crippen MR) is 74.7 cm³/mol. The Balaban J connectivity index is 2.28. The maximum absolute atomic E-state index is 11.4. The number of hydrogen-bond donors (Lipinski definition) is 2. The smallest absolute Gasteiger partial charge is 0.326 e. The molecule has 0 fully saturated rings. The van der Waals surface area contributed by atoms with Crippen LogP contribution in [-0.4, -0.2) is 14.8 Å². The van der Waals surface area contributed by atoms with Crippen molar-refractivity contribution in [1.82, 2.24) is 14.8 Å². The van der Waals surface area contributed by atoms with E-state index in [1.807, 2.05) is 25.1 Å². The molecular weight excluding hydrogens is 316 g/mol. The van der Waals surface area contributed by atoms with E-state index in [1.54, 1.807) is 4.57 Å². The molecule has 0 radical (unpaired) electrons. The fourth-order valence-corrected chi connectivity index (χ4v) is 3.15. The van der Waals surface area contributed by atoms with E-state index in [4.69, 9.17) is 5.73 Å². The third-order valence-corrected chi connectivity index (χ3v) is 4.22. The number of rotatable bonds is 4. The zero-order valence-corrected chi connectivity index (χ0v) is 12.2. The Hall–Kier alpha value is -1.05. The molecule has 0 saturated carbocycles. The van der Waals surface area contributed by atoms with Gasteiger partial charge in [-0.15, -0.1) is 5.10 Å². The summed E-state index contributed by atoms with van der Waals surface area (Å²) in [6, 6.07) is 5.91. The van der Waals surface area contributed by atoms with Crippen LogP contribution in [0.15, 0.2) is 37.5 Å². The maximum Gasteiger partial charge on any atom is 0.343 e. The Kier molecular flexibility index (Phi) is 4.26. The first-order valence-electron chi connectivity index (χ1n) is 5.47. The molecule has 7 heteroatoms. The molecule has 18 heavy (non-hydrogen) atoms. The molecule has 0 saturated heterocycles. The van der Waals surface area contributed by atoms with Crippen LogP contribution in [-0.2, 0) is 13.1 Å². The summed E-state index contributed by atoms with van der Waals surface area (Å²) in [7, 11) is 0. The summed E-state index contributed by atoms with van der Waals surface area (Å²) in [5, 5.41) is 7.11. The van der Waals surface area contributed by atoms with Gasteiger partial charge in [-0.05, 0) is 36.4 Å². The van der Waals surface area contributed by atoms with Gasteiger partial charge in [0.15, 0.2) is 5.16 Å². The molecule has 0 aliphatic rings. The molecule has 0 unspecified atom stereocenters. The first kappa shape index (κ1) is 13.4. The van der Waals surface area contributed by atoms with Crippen molar-refractivity contribution >= 4 is 27.7 Å². The Morgan fingerprint density at radius 3 is 2.94 bits per heavy atom. The molecule has 1 heterocycles. The van der Waals surface area contributed by atoms with E-state index in [0.29, 0.717) is 18.2 Å². The van der Waals surface area contributed by atoms with Crippen molar-refractivity contribution in [3.8, 4) is 0 Å². The number of aromatic nitrogens is 3. The summed E-state index contributed by atoms with van der Waals surface area (Å²) in [5.74, 6) is 0. The largest absolute Gasteiger partial charge is 0.343 e. The lowest BCUT2D eigenvalue weighted by atomic mass is 10.2. The highest BCUT2D eigenvalue weighted by Gasteiger charge is 2.09. The third kappa shape index (κ3) is 2.68. The van der Waals surface area contributed by atoms with Gasteiger partial charge in [-0.3, -0.25) is 4.57 Å². The number of hydrogen-bond acceptors (Lipinski definition) is 4. The predicted octanol–water partition coefficient (Wildman–Crippen LogP) is 1.96. The summed E-state index contributed by atoms with van der Waals surface area (Å²) in [4.78, 5) is 12.4. The molecule has 1 aromatic carbocycles. The lowest BCUT2D eigenvalue weighted by Crippen LogP contribution is -2.15. The topological polar surface area (TPSA) is 76.7 Å². The molecule has 0 bridgehead atoms. The minimum absolute atomic E-state index is 0.183. The van der Waals surface area contributed by atoms with Crippen molar-refractivity contribution in [2.45, 2.75) is 30.1 Å². The van der Waals surface area contributed by atoms with Gasteiger partial charge >= 0.3 is 5.69 Å². The van der Waals surface area contributed by atoms with Gasteiger partial charge in [0.1, 0.15) is 0 Å². The number of aromatic amines is 1. The number of halogens is 1. The van der Waals surface area contributed by atoms with Crippen LogP contribution >= 0.6 is 27.7 Å². The van der Waals surface area contributed by atoms with E-state index in [-0.39, 0.29) is 5.69 Å². The summed E-state index contributed by atoms with van der Waals surface area (Å²) in [6.45, 7) is 3.00. The number of H-pyrrole nitrogens is 1. The Labute approximate surface area is 117 Å². The van der Waals surface area contributed by atoms with Gasteiger partial charge in [0.05, 0.1) is 0 Å². The Morgan fingerprint density at radius 2 is 2.33 bits per heavy atom. The number of nitrogens with zero attached hydrogens (tertiary/aromatic N) is 2. The van der Waals surface area contributed by atoms with Crippen LogP contribution in [0.5, 0.6) is 0 Å². The minimum atomic E-state index is -0.183. The van der Waals surface area contributed by atoms with Crippen molar-refractivity contribution in [3.63, 3.8) is 0 Å². The van der Waals surface area contributed by atoms with E-state index in [0.717, 1.165) is 14.9 Å². The van der Waals surface area contributed by atoms with Gasteiger partial charge in [-0.25, -0.2) is 9.89 Å². The number of benzene rings is 1. The van der Waals surface area contributed by atoms with E-state index in [9.17, 15) is 4.79 Å².